The van der Waals surface area contributed by atoms with Gasteiger partial charge in [-0.05, 0) is 50.3 Å². The molecule has 3 heteroatoms. The van der Waals surface area contributed by atoms with E-state index >= 15 is 0 Å². The maximum Gasteiger partial charge on any atom is 0.104 e. The summed E-state index contributed by atoms with van der Waals surface area (Å²) >= 11 is 2.02. The molecule has 0 radical (unpaired) electrons. The van der Waals surface area contributed by atoms with Crippen LogP contribution in [0.1, 0.15) is 47.5 Å². The van der Waals surface area contributed by atoms with Crippen molar-refractivity contribution in [2.24, 2.45) is 0 Å². The number of rotatable bonds is 0. The Morgan fingerprint density at radius 2 is 2.17 bits per heavy atom. The summed E-state index contributed by atoms with van der Waals surface area (Å²) in [5.74, 6) is 0. The molecule has 18 heavy (non-hydrogen) atoms. The largest absolute Gasteiger partial charge is 0.311 e. The van der Waals surface area contributed by atoms with Crippen LogP contribution < -0.4 is 5.32 Å². The van der Waals surface area contributed by atoms with Gasteiger partial charge in [-0.2, -0.15) is 0 Å². The second-order valence-corrected chi connectivity index (χ2v) is 6.48. The summed E-state index contributed by atoms with van der Waals surface area (Å²) in [6, 6.07) is 4.85. The molecule has 2 nitrogen and oxygen atoms in total. The molecule has 2 aromatic rings. The number of fused-ring (bicyclic) bond motifs is 5. The summed E-state index contributed by atoms with van der Waals surface area (Å²) in [4.78, 5) is 1.64. The third-order valence-corrected chi connectivity index (χ3v) is 5.62. The lowest BCUT2D eigenvalue weighted by molar-refractivity contribution is 0.565. The minimum absolute atomic E-state index is 0.443. The molecule has 1 aliphatic carbocycles. The Morgan fingerprint density at radius 1 is 1.28 bits per heavy atom. The SMILES string of the molecule is CC1NCc2c(sc3c2CCCC3)-n2cccc21. The predicted molar refractivity (Wildman–Crippen MR) is 75.5 cm³/mol. The van der Waals surface area contributed by atoms with Gasteiger partial charge < -0.3 is 9.88 Å². The van der Waals surface area contributed by atoms with Crippen molar-refractivity contribution < 1.29 is 0 Å². The minimum Gasteiger partial charge on any atom is -0.311 e. The summed E-state index contributed by atoms with van der Waals surface area (Å²) in [5, 5.41) is 5.14. The summed E-state index contributed by atoms with van der Waals surface area (Å²) in [7, 11) is 0. The third-order valence-electron chi connectivity index (χ3n) is 4.29. The lowest BCUT2D eigenvalue weighted by Gasteiger charge is -2.14. The van der Waals surface area contributed by atoms with Crippen LogP contribution in [0.5, 0.6) is 0 Å². The van der Waals surface area contributed by atoms with E-state index in [1.807, 2.05) is 11.3 Å². The van der Waals surface area contributed by atoms with E-state index < -0.39 is 0 Å². The first-order valence-electron chi connectivity index (χ1n) is 6.89. The molecular formula is C15H18N2S. The van der Waals surface area contributed by atoms with Gasteiger partial charge in [-0.25, -0.2) is 0 Å². The van der Waals surface area contributed by atoms with Gasteiger partial charge in [-0.15, -0.1) is 11.3 Å². The van der Waals surface area contributed by atoms with Gasteiger partial charge in [0.05, 0.1) is 0 Å². The van der Waals surface area contributed by atoms with Gasteiger partial charge in [0.15, 0.2) is 0 Å². The van der Waals surface area contributed by atoms with Gasteiger partial charge in [0.25, 0.3) is 0 Å². The summed E-state index contributed by atoms with van der Waals surface area (Å²) in [6.07, 6.45) is 7.53. The molecule has 0 bridgehead atoms. The highest BCUT2D eigenvalue weighted by molar-refractivity contribution is 7.15. The van der Waals surface area contributed by atoms with Gasteiger partial charge >= 0.3 is 0 Å². The minimum atomic E-state index is 0.443. The molecule has 2 aliphatic rings. The van der Waals surface area contributed by atoms with Crippen molar-refractivity contribution in [3.63, 3.8) is 0 Å². The zero-order valence-electron chi connectivity index (χ0n) is 10.7. The molecule has 94 valence electrons. The average molecular weight is 258 g/mol. The van der Waals surface area contributed by atoms with Crippen LogP contribution in [0.25, 0.3) is 5.00 Å². The standard InChI is InChI=1S/C15H18N2S/c1-10-13-6-4-8-17(13)15-12(9-16-10)11-5-2-3-7-14(11)18-15/h4,6,8,10,16H,2-3,5,7,9H2,1H3. The Morgan fingerprint density at radius 3 is 3.11 bits per heavy atom. The van der Waals surface area contributed by atoms with Crippen molar-refractivity contribution in [1.29, 1.82) is 0 Å². The molecule has 1 N–H and O–H groups in total. The van der Waals surface area contributed by atoms with E-state index in [-0.39, 0.29) is 0 Å². The van der Waals surface area contributed by atoms with Crippen LogP contribution in [0.15, 0.2) is 18.3 Å². The molecule has 4 rings (SSSR count). The first kappa shape index (κ1) is 10.8. The van der Waals surface area contributed by atoms with E-state index in [1.54, 1.807) is 16.0 Å². The third kappa shape index (κ3) is 1.44. The predicted octanol–water partition coefficient (Wildman–Crippen LogP) is 3.58. The Balaban J connectivity index is 1.95. The van der Waals surface area contributed by atoms with Crippen LogP contribution in [0, 0.1) is 0 Å². The lowest BCUT2D eigenvalue weighted by Crippen LogP contribution is -2.17. The van der Waals surface area contributed by atoms with E-state index in [2.05, 4.69) is 35.1 Å². The highest BCUT2D eigenvalue weighted by Gasteiger charge is 2.25. The molecule has 0 amide bonds. The maximum atomic E-state index is 3.67. The van der Waals surface area contributed by atoms with Gasteiger partial charge in [0.1, 0.15) is 5.00 Å². The fourth-order valence-corrected chi connectivity index (χ4v) is 4.70. The van der Waals surface area contributed by atoms with Gasteiger partial charge in [0, 0.05) is 34.9 Å². The molecule has 0 saturated carbocycles. The lowest BCUT2D eigenvalue weighted by atomic mass is 9.95. The van der Waals surface area contributed by atoms with Crippen LogP contribution >= 0.6 is 11.3 Å². The molecule has 3 heterocycles. The monoisotopic (exact) mass is 258 g/mol. The topological polar surface area (TPSA) is 17.0 Å². The normalized spacial score (nSPS) is 21.9. The molecule has 2 aromatic heterocycles. The number of aromatic nitrogens is 1. The number of thiophene rings is 1. The fourth-order valence-electron chi connectivity index (χ4n) is 3.29. The van der Waals surface area contributed by atoms with Crippen molar-refractivity contribution >= 4 is 11.3 Å². The van der Waals surface area contributed by atoms with E-state index in [1.165, 1.54) is 36.4 Å². The number of nitrogens with zero attached hydrogens (tertiary/aromatic N) is 1. The van der Waals surface area contributed by atoms with Gasteiger partial charge in [0.2, 0.25) is 0 Å². The van der Waals surface area contributed by atoms with Crippen molar-refractivity contribution in [2.75, 3.05) is 0 Å². The second-order valence-electron chi connectivity index (χ2n) is 5.40. The smallest absolute Gasteiger partial charge is 0.104 e. The molecule has 0 saturated heterocycles. The molecule has 0 spiro atoms. The Bertz CT molecular complexity index is 594. The van der Waals surface area contributed by atoms with E-state index in [0.717, 1.165) is 6.54 Å². The number of aryl methyl sites for hydroxylation is 1. The Kier molecular flexibility index (Phi) is 2.39. The number of nitrogens with one attached hydrogen (secondary N) is 1. The van der Waals surface area contributed by atoms with Crippen LogP contribution in [0.2, 0.25) is 0 Å². The fraction of sp³-hybridized carbons (Fsp3) is 0.467. The maximum absolute atomic E-state index is 3.67. The first-order valence-corrected chi connectivity index (χ1v) is 7.70. The highest BCUT2D eigenvalue weighted by atomic mass is 32.1. The average Bonchev–Trinajstić information content (AvgIpc) is 2.97. The zero-order valence-corrected chi connectivity index (χ0v) is 11.5. The quantitative estimate of drug-likeness (QED) is 0.764. The molecule has 0 aromatic carbocycles. The van der Waals surface area contributed by atoms with Crippen LogP contribution in [0.4, 0.5) is 0 Å². The van der Waals surface area contributed by atoms with Crippen molar-refractivity contribution in [3.8, 4) is 5.00 Å². The van der Waals surface area contributed by atoms with Crippen molar-refractivity contribution in [2.45, 2.75) is 45.2 Å². The Labute approximate surface area is 112 Å². The molecule has 0 fully saturated rings. The molecule has 1 aliphatic heterocycles. The van der Waals surface area contributed by atoms with Gasteiger partial charge in [-0.3, -0.25) is 0 Å². The molecular weight excluding hydrogens is 240 g/mol. The van der Waals surface area contributed by atoms with E-state index in [4.69, 9.17) is 0 Å². The van der Waals surface area contributed by atoms with E-state index in [9.17, 15) is 0 Å². The number of hydrogen-bond acceptors (Lipinski definition) is 2. The Hall–Kier alpha value is -1.06. The van der Waals surface area contributed by atoms with Crippen LogP contribution in [-0.2, 0) is 19.4 Å². The first-order chi connectivity index (χ1) is 8.84. The van der Waals surface area contributed by atoms with Crippen LogP contribution in [-0.4, -0.2) is 4.57 Å². The van der Waals surface area contributed by atoms with Crippen molar-refractivity contribution in [3.05, 3.63) is 40.0 Å². The molecule has 1 atom stereocenters. The zero-order chi connectivity index (χ0) is 12.1. The van der Waals surface area contributed by atoms with Crippen molar-refractivity contribution in [1.82, 2.24) is 9.88 Å². The summed E-state index contributed by atoms with van der Waals surface area (Å²) < 4.78 is 2.41. The number of hydrogen-bond donors (Lipinski definition) is 1. The highest BCUT2D eigenvalue weighted by Crippen LogP contribution is 2.39. The summed E-state index contributed by atoms with van der Waals surface area (Å²) in [6.45, 7) is 3.29. The van der Waals surface area contributed by atoms with Crippen LogP contribution in [0.3, 0.4) is 0 Å². The molecule has 1 unspecified atom stereocenters. The van der Waals surface area contributed by atoms with E-state index in [0.29, 0.717) is 6.04 Å². The summed E-state index contributed by atoms with van der Waals surface area (Å²) in [5.41, 5.74) is 4.62. The second kappa shape index (κ2) is 3.97. The van der Waals surface area contributed by atoms with Gasteiger partial charge in [-0.1, -0.05) is 0 Å².